The Morgan fingerprint density at radius 2 is 1.30 bits per heavy atom. The molecule has 0 aliphatic rings. The van der Waals surface area contributed by atoms with Gasteiger partial charge in [-0.2, -0.15) is 0 Å². The summed E-state index contributed by atoms with van der Waals surface area (Å²) >= 11 is 0. The topological polar surface area (TPSA) is 52.6 Å². The van der Waals surface area contributed by atoms with Gasteiger partial charge in [-0.25, -0.2) is 0 Å². The van der Waals surface area contributed by atoms with Gasteiger partial charge < -0.3 is 0 Å². The highest BCUT2D eigenvalue weighted by Gasteiger charge is 2.34. The highest BCUT2D eigenvalue weighted by Crippen LogP contribution is 2.51. The summed E-state index contributed by atoms with van der Waals surface area (Å²) < 4.78 is 23.7. The second kappa shape index (κ2) is 8.78. The van der Waals surface area contributed by atoms with E-state index in [4.69, 9.17) is 9.05 Å². The second-order valence-electron chi connectivity index (χ2n) is 5.16. The van der Waals surface area contributed by atoms with E-state index in [9.17, 15) is 9.36 Å². The van der Waals surface area contributed by atoms with Crippen molar-refractivity contribution >= 4 is 13.1 Å². The van der Waals surface area contributed by atoms with Crippen LogP contribution in [0.1, 0.15) is 30.9 Å². The Kier molecular flexibility index (Phi) is 6.72. The van der Waals surface area contributed by atoms with Gasteiger partial charge in [-0.1, -0.05) is 67.6 Å². The minimum atomic E-state index is -3.80. The van der Waals surface area contributed by atoms with Crippen LogP contribution in [0, 0.1) is 0 Å². The molecule has 122 valence electrons. The minimum absolute atomic E-state index is 0.0857. The van der Waals surface area contributed by atoms with Crippen molar-refractivity contribution in [2.45, 2.75) is 33.0 Å². The first-order valence-corrected chi connectivity index (χ1v) is 9.18. The molecule has 0 atom stereocenters. The molecule has 5 heteroatoms. The van der Waals surface area contributed by atoms with Gasteiger partial charge in [-0.05, 0) is 17.5 Å². The molecule has 0 spiro atoms. The Hall–Kier alpha value is -1.74. The molecule has 0 heterocycles. The van der Waals surface area contributed by atoms with Crippen LogP contribution in [0.25, 0.3) is 0 Å². The third-order valence-electron chi connectivity index (χ3n) is 3.26. The lowest BCUT2D eigenvalue weighted by Gasteiger charge is -2.17. The van der Waals surface area contributed by atoms with Crippen molar-refractivity contribution in [1.82, 2.24) is 0 Å². The SMILES string of the molecule is CCCC(=O)P(=O)(OCc1ccccc1)OCc1ccccc1. The van der Waals surface area contributed by atoms with Crippen LogP contribution < -0.4 is 0 Å². The van der Waals surface area contributed by atoms with E-state index in [1.165, 1.54) is 0 Å². The number of hydrogen-bond acceptors (Lipinski definition) is 4. The van der Waals surface area contributed by atoms with E-state index in [2.05, 4.69) is 0 Å². The van der Waals surface area contributed by atoms with Crippen LogP contribution in [0.5, 0.6) is 0 Å². The molecule has 0 N–H and O–H groups in total. The van der Waals surface area contributed by atoms with Gasteiger partial charge in [0, 0.05) is 6.42 Å². The van der Waals surface area contributed by atoms with E-state index < -0.39 is 13.1 Å². The molecule has 0 aliphatic heterocycles. The third kappa shape index (κ3) is 5.43. The summed E-state index contributed by atoms with van der Waals surface area (Å²) in [4.78, 5) is 12.2. The van der Waals surface area contributed by atoms with E-state index in [1.54, 1.807) is 0 Å². The monoisotopic (exact) mass is 332 g/mol. The Morgan fingerprint density at radius 3 is 1.70 bits per heavy atom. The van der Waals surface area contributed by atoms with Gasteiger partial charge in [-0.3, -0.25) is 18.4 Å². The van der Waals surface area contributed by atoms with Gasteiger partial charge >= 0.3 is 7.60 Å². The van der Waals surface area contributed by atoms with Gasteiger partial charge in [0.15, 0.2) is 0 Å². The lowest BCUT2D eigenvalue weighted by molar-refractivity contribution is -0.114. The average Bonchev–Trinajstić information content (AvgIpc) is 2.60. The predicted molar refractivity (Wildman–Crippen MR) is 90.0 cm³/mol. The van der Waals surface area contributed by atoms with Crippen molar-refractivity contribution in [3.63, 3.8) is 0 Å². The molecular formula is C18H21O4P. The molecule has 0 aromatic heterocycles. The molecule has 0 radical (unpaired) electrons. The number of carbonyl (C=O) groups excluding carboxylic acids is 1. The molecule has 23 heavy (non-hydrogen) atoms. The summed E-state index contributed by atoms with van der Waals surface area (Å²) in [5, 5.41) is 0. The summed E-state index contributed by atoms with van der Waals surface area (Å²) in [6.07, 6.45) is 0.785. The van der Waals surface area contributed by atoms with Crippen LogP contribution in [-0.4, -0.2) is 5.52 Å². The maximum atomic E-state index is 12.9. The molecule has 0 fully saturated rings. The van der Waals surface area contributed by atoms with E-state index in [0.717, 1.165) is 11.1 Å². The van der Waals surface area contributed by atoms with Crippen LogP contribution in [-0.2, 0) is 31.6 Å². The summed E-state index contributed by atoms with van der Waals surface area (Å²) in [6, 6.07) is 18.6. The number of hydrogen-bond donors (Lipinski definition) is 0. The van der Waals surface area contributed by atoms with Crippen LogP contribution in [0.4, 0.5) is 0 Å². The summed E-state index contributed by atoms with van der Waals surface area (Å²) in [7, 11) is -3.80. The molecule has 2 aromatic carbocycles. The fraction of sp³-hybridized carbons (Fsp3) is 0.278. The zero-order valence-corrected chi connectivity index (χ0v) is 14.1. The van der Waals surface area contributed by atoms with Crippen LogP contribution in [0.2, 0.25) is 0 Å². The minimum Gasteiger partial charge on any atom is -0.298 e. The highest BCUT2D eigenvalue weighted by molar-refractivity contribution is 7.71. The molecule has 0 amide bonds. The molecule has 0 saturated carbocycles. The quantitative estimate of drug-likeness (QED) is 0.610. The van der Waals surface area contributed by atoms with E-state index in [0.29, 0.717) is 6.42 Å². The Bertz CT molecular complexity index is 608. The van der Waals surface area contributed by atoms with Crippen molar-refractivity contribution in [2.24, 2.45) is 0 Å². The maximum absolute atomic E-state index is 12.9. The number of benzene rings is 2. The second-order valence-corrected chi connectivity index (χ2v) is 7.17. The molecule has 0 bridgehead atoms. The van der Waals surface area contributed by atoms with Crippen molar-refractivity contribution in [1.29, 1.82) is 0 Å². The predicted octanol–water partition coefficient (Wildman–Crippen LogP) is 4.94. The third-order valence-corrected chi connectivity index (χ3v) is 5.03. The Balaban J connectivity index is 2.05. The van der Waals surface area contributed by atoms with Gasteiger partial charge in [0.05, 0.1) is 13.2 Å². The van der Waals surface area contributed by atoms with Crippen LogP contribution >= 0.6 is 7.60 Å². The van der Waals surface area contributed by atoms with Gasteiger partial charge in [0.1, 0.15) is 0 Å². The van der Waals surface area contributed by atoms with E-state index in [-0.39, 0.29) is 19.6 Å². The molecule has 0 aliphatic carbocycles. The molecule has 0 saturated heterocycles. The summed E-state index contributed by atoms with van der Waals surface area (Å²) in [5.41, 5.74) is 1.23. The molecule has 4 nitrogen and oxygen atoms in total. The smallest absolute Gasteiger partial charge is 0.298 e. The Labute approximate surface area is 137 Å². The lowest BCUT2D eigenvalue weighted by atomic mass is 10.2. The first kappa shape index (κ1) is 17.6. The zero-order valence-electron chi connectivity index (χ0n) is 13.2. The van der Waals surface area contributed by atoms with Crippen molar-refractivity contribution in [3.05, 3.63) is 71.8 Å². The summed E-state index contributed by atoms with van der Waals surface area (Å²) in [5.74, 6) is 0. The van der Waals surface area contributed by atoms with Gasteiger partial charge in [-0.15, -0.1) is 0 Å². The molecule has 2 aromatic rings. The maximum Gasteiger partial charge on any atom is 0.397 e. The van der Waals surface area contributed by atoms with Crippen molar-refractivity contribution in [3.8, 4) is 0 Å². The van der Waals surface area contributed by atoms with Crippen molar-refractivity contribution < 1.29 is 18.4 Å². The molecule has 0 unspecified atom stereocenters. The number of rotatable bonds is 9. The summed E-state index contributed by atoms with van der Waals surface area (Å²) in [6.45, 7) is 2.03. The first-order chi connectivity index (χ1) is 11.1. The lowest BCUT2D eigenvalue weighted by Crippen LogP contribution is -2.07. The standard InChI is InChI=1S/C18H21O4P/c1-2-9-18(19)23(20,21-14-16-10-5-3-6-11-16)22-15-17-12-7-4-8-13-17/h3-8,10-13H,2,9,14-15H2,1H3. The van der Waals surface area contributed by atoms with Gasteiger partial charge in [0.2, 0.25) is 5.52 Å². The largest absolute Gasteiger partial charge is 0.397 e. The first-order valence-electron chi connectivity index (χ1n) is 7.64. The highest BCUT2D eigenvalue weighted by atomic mass is 31.2. The molecule has 2 rings (SSSR count). The van der Waals surface area contributed by atoms with Crippen LogP contribution in [0.15, 0.2) is 60.7 Å². The fourth-order valence-electron chi connectivity index (χ4n) is 2.00. The number of carbonyl (C=O) groups is 1. The van der Waals surface area contributed by atoms with Gasteiger partial charge in [0.25, 0.3) is 0 Å². The van der Waals surface area contributed by atoms with E-state index >= 15 is 0 Å². The molecular weight excluding hydrogens is 311 g/mol. The Morgan fingerprint density at radius 1 is 0.870 bits per heavy atom. The zero-order chi connectivity index (χ0) is 16.5. The average molecular weight is 332 g/mol. The normalized spacial score (nSPS) is 11.3. The van der Waals surface area contributed by atoms with E-state index in [1.807, 2.05) is 67.6 Å². The fourth-order valence-corrected chi connectivity index (χ4v) is 3.50. The van der Waals surface area contributed by atoms with Crippen molar-refractivity contribution in [2.75, 3.05) is 0 Å². The van der Waals surface area contributed by atoms with Crippen LogP contribution in [0.3, 0.4) is 0 Å².